The van der Waals surface area contributed by atoms with Crippen LogP contribution in [0.2, 0.25) is 0 Å². The molecule has 1 aliphatic rings. The van der Waals surface area contributed by atoms with Crippen LogP contribution >= 0.6 is 11.3 Å². The summed E-state index contributed by atoms with van der Waals surface area (Å²) in [6.45, 7) is 0.849. The van der Waals surface area contributed by atoms with Crippen molar-refractivity contribution < 1.29 is 18.1 Å². The fourth-order valence-electron chi connectivity index (χ4n) is 2.83. The van der Waals surface area contributed by atoms with Gasteiger partial charge < -0.3 is 5.32 Å². The Morgan fingerprint density at radius 2 is 1.92 bits per heavy atom. The van der Waals surface area contributed by atoms with Crippen molar-refractivity contribution >= 4 is 33.0 Å². The van der Waals surface area contributed by atoms with Gasteiger partial charge in [-0.3, -0.25) is 14.9 Å². The Hall–Kier alpha value is -2.30. The average Bonchev–Trinajstić information content (AvgIpc) is 3.31. The number of para-hydroxylation sites is 1. The summed E-state index contributed by atoms with van der Waals surface area (Å²) >= 11 is 1.04. The highest BCUT2D eigenvalue weighted by Gasteiger charge is 2.31. The molecule has 0 spiro atoms. The highest BCUT2D eigenvalue weighted by atomic mass is 32.2. The molecule has 0 atom stereocenters. The number of carbonyl (C=O) groups is 1. The molecule has 138 valence electrons. The summed E-state index contributed by atoms with van der Waals surface area (Å²) in [5, 5.41) is 15.2. The van der Waals surface area contributed by atoms with Crippen LogP contribution in [0.1, 0.15) is 28.1 Å². The molecule has 0 radical (unpaired) electrons. The smallest absolute Gasteiger partial charge is 0.274 e. The van der Waals surface area contributed by atoms with E-state index in [2.05, 4.69) is 5.32 Å². The van der Waals surface area contributed by atoms with Gasteiger partial charge in [0.05, 0.1) is 4.92 Å². The van der Waals surface area contributed by atoms with Gasteiger partial charge in [-0.1, -0.05) is 18.2 Å². The lowest BCUT2D eigenvalue weighted by molar-refractivity contribution is -0.385. The van der Waals surface area contributed by atoms with Crippen molar-refractivity contribution in [3.8, 4) is 0 Å². The predicted octanol–water partition coefficient (Wildman–Crippen LogP) is 2.37. The Morgan fingerprint density at radius 3 is 2.62 bits per heavy atom. The summed E-state index contributed by atoms with van der Waals surface area (Å²) in [6, 6.07) is 7.52. The van der Waals surface area contributed by atoms with Crippen LogP contribution in [-0.2, 0) is 16.6 Å². The van der Waals surface area contributed by atoms with E-state index in [1.165, 1.54) is 16.4 Å². The molecule has 1 aliphatic heterocycles. The van der Waals surface area contributed by atoms with E-state index in [1.807, 2.05) is 0 Å². The molecular formula is C16H17N3O5S2. The monoisotopic (exact) mass is 395 g/mol. The molecule has 1 N–H and O–H groups in total. The number of hydrogen-bond acceptors (Lipinski definition) is 6. The van der Waals surface area contributed by atoms with Crippen LogP contribution in [0.5, 0.6) is 0 Å². The molecule has 3 rings (SSSR count). The van der Waals surface area contributed by atoms with Gasteiger partial charge in [0.15, 0.2) is 0 Å². The molecule has 2 aromatic rings. The number of sulfonamides is 1. The van der Waals surface area contributed by atoms with E-state index >= 15 is 0 Å². The second kappa shape index (κ2) is 7.52. The summed E-state index contributed by atoms with van der Waals surface area (Å²) in [4.78, 5) is 23.1. The molecule has 26 heavy (non-hydrogen) atoms. The molecule has 2 heterocycles. The van der Waals surface area contributed by atoms with E-state index in [0.29, 0.717) is 18.7 Å². The molecule has 1 fully saturated rings. The van der Waals surface area contributed by atoms with Crippen LogP contribution in [0.3, 0.4) is 0 Å². The van der Waals surface area contributed by atoms with Gasteiger partial charge in [0.1, 0.15) is 9.77 Å². The fourth-order valence-corrected chi connectivity index (χ4v) is 5.66. The van der Waals surface area contributed by atoms with E-state index in [0.717, 1.165) is 24.2 Å². The summed E-state index contributed by atoms with van der Waals surface area (Å²) in [7, 11) is -3.70. The lowest BCUT2D eigenvalue weighted by atomic mass is 10.2. The van der Waals surface area contributed by atoms with Crippen LogP contribution in [-0.4, -0.2) is 36.6 Å². The Bertz CT molecular complexity index is 933. The number of rotatable bonds is 6. The van der Waals surface area contributed by atoms with Crippen molar-refractivity contribution in [3.63, 3.8) is 0 Å². The van der Waals surface area contributed by atoms with Gasteiger partial charge in [0.25, 0.3) is 11.6 Å². The molecule has 0 saturated carbocycles. The van der Waals surface area contributed by atoms with Crippen LogP contribution < -0.4 is 5.32 Å². The number of nitrogens with zero attached hydrogens (tertiary/aromatic N) is 2. The van der Waals surface area contributed by atoms with Crippen molar-refractivity contribution in [2.75, 3.05) is 13.1 Å². The number of nitrogens with one attached hydrogen (secondary N) is 1. The molecule has 1 amide bonds. The van der Waals surface area contributed by atoms with Crippen LogP contribution in [0, 0.1) is 10.1 Å². The van der Waals surface area contributed by atoms with Crippen LogP contribution in [0.25, 0.3) is 0 Å². The zero-order chi connectivity index (χ0) is 18.7. The van der Waals surface area contributed by atoms with Crippen molar-refractivity contribution in [1.29, 1.82) is 0 Å². The first kappa shape index (κ1) is 18.5. The zero-order valence-electron chi connectivity index (χ0n) is 13.8. The molecule has 8 nitrogen and oxygen atoms in total. The van der Waals surface area contributed by atoms with Crippen molar-refractivity contribution in [1.82, 2.24) is 9.62 Å². The molecule has 1 aromatic heterocycles. The van der Waals surface area contributed by atoms with E-state index in [4.69, 9.17) is 0 Å². The van der Waals surface area contributed by atoms with E-state index in [-0.39, 0.29) is 22.0 Å². The maximum atomic E-state index is 12.7. The molecular weight excluding hydrogens is 378 g/mol. The van der Waals surface area contributed by atoms with E-state index in [1.54, 1.807) is 23.6 Å². The molecule has 1 aromatic carbocycles. The summed E-state index contributed by atoms with van der Waals surface area (Å²) < 4.78 is 26.8. The summed E-state index contributed by atoms with van der Waals surface area (Å²) in [6.07, 6.45) is 1.62. The molecule has 0 aliphatic carbocycles. The Kier molecular flexibility index (Phi) is 5.35. The van der Waals surface area contributed by atoms with Gasteiger partial charge in [-0.05, 0) is 24.3 Å². The minimum Gasteiger partial charge on any atom is -0.347 e. The summed E-state index contributed by atoms with van der Waals surface area (Å²) in [5.74, 6) is -0.559. The third kappa shape index (κ3) is 3.62. The molecule has 0 bridgehead atoms. The number of carbonyl (C=O) groups excluding carboxylic acids is 1. The Labute approximate surface area is 154 Å². The lowest BCUT2D eigenvalue weighted by Gasteiger charge is -2.15. The fraction of sp³-hybridized carbons (Fsp3) is 0.312. The van der Waals surface area contributed by atoms with Crippen LogP contribution in [0.15, 0.2) is 40.6 Å². The van der Waals surface area contributed by atoms with Gasteiger partial charge in [0, 0.05) is 31.3 Å². The highest BCUT2D eigenvalue weighted by molar-refractivity contribution is 7.89. The Balaban J connectivity index is 1.78. The maximum absolute atomic E-state index is 12.7. The maximum Gasteiger partial charge on any atom is 0.274 e. The first-order valence-electron chi connectivity index (χ1n) is 7.99. The number of amides is 1. The van der Waals surface area contributed by atoms with Gasteiger partial charge >= 0.3 is 0 Å². The number of benzene rings is 1. The van der Waals surface area contributed by atoms with Crippen molar-refractivity contribution in [3.05, 3.63) is 56.3 Å². The van der Waals surface area contributed by atoms with Crippen molar-refractivity contribution in [2.45, 2.75) is 24.3 Å². The van der Waals surface area contributed by atoms with Gasteiger partial charge in [-0.2, -0.15) is 4.31 Å². The third-order valence-corrected chi connectivity index (χ3v) is 7.13. The first-order chi connectivity index (χ1) is 12.4. The molecule has 10 heteroatoms. The van der Waals surface area contributed by atoms with Gasteiger partial charge in [0.2, 0.25) is 10.0 Å². The topological polar surface area (TPSA) is 110 Å². The van der Waals surface area contributed by atoms with Crippen LogP contribution in [0.4, 0.5) is 5.69 Å². The van der Waals surface area contributed by atoms with Gasteiger partial charge in [-0.25, -0.2) is 8.42 Å². The van der Waals surface area contributed by atoms with Gasteiger partial charge in [-0.15, -0.1) is 11.3 Å². The number of hydrogen-bond donors (Lipinski definition) is 1. The largest absolute Gasteiger partial charge is 0.347 e. The lowest BCUT2D eigenvalue weighted by Crippen LogP contribution is -2.30. The third-order valence-electron chi connectivity index (χ3n) is 4.15. The normalized spacial score (nSPS) is 15.1. The minimum absolute atomic E-state index is 0.00976. The zero-order valence-corrected chi connectivity index (χ0v) is 15.4. The second-order valence-electron chi connectivity index (χ2n) is 5.79. The highest BCUT2D eigenvalue weighted by Crippen LogP contribution is 2.27. The van der Waals surface area contributed by atoms with E-state index in [9.17, 15) is 23.3 Å². The number of nitro groups is 1. The predicted molar refractivity (Wildman–Crippen MR) is 96.6 cm³/mol. The number of nitro benzene ring substituents is 1. The summed E-state index contributed by atoms with van der Waals surface area (Å²) in [5.41, 5.74) is 0.259. The standard InChI is InChI=1S/C16H17N3O5S2/c20-16(17-11-12-5-1-2-6-13(12)19(21)22)15-14(7-10-25-15)26(23,24)18-8-3-4-9-18/h1-2,5-7,10H,3-4,8-9,11H2,(H,17,20). The quantitative estimate of drug-likeness (QED) is 0.596. The second-order valence-corrected chi connectivity index (χ2v) is 8.62. The van der Waals surface area contributed by atoms with Crippen molar-refractivity contribution in [2.24, 2.45) is 0 Å². The average molecular weight is 395 g/mol. The molecule has 0 unspecified atom stereocenters. The molecule has 1 saturated heterocycles. The SMILES string of the molecule is O=C(NCc1ccccc1[N+](=O)[O-])c1sccc1S(=O)(=O)N1CCCC1. The number of thiophene rings is 1. The van der Waals surface area contributed by atoms with E-state index < -0.39 is 20.9 Å². The Morgan fingerprint density at radius 1 is 1.23 bits per heavy atom. The minimum atomic E-state index is -3.70. The first-order valence-corrected chi connectivity index (χ1v) is 10.3.